The van der Waals surface area contributed by atoms with Crippen LogP contribution in [0.4, 0.5) is 4.39 Å². The van der Waals surface area contributed by atoms with E-state index in [4.69, 9.17) is 5.26 Å². The van der Waals surface area contributed by atoms with E-state index in [9.17, 15) is 9.18 Å². The molecule has 0 bridgehead atoms. The van der Waals surface area contributed by atoms with Crippen LogP contribution >= 0.6 is 0 Å². The summed E-state index contributed by atoms with van der Waals surface area (Å²) >= 11 is 0. The van der Waals surface area contributed by atoms with Crippen molar-refractivity contribution in [2.45, 2.75) is 0 Å². The SMILES string of the molecule is CN(C)C=C(C#N)C(=O)c1ccc(F)cc1. The van der Waals surface area contributed by atoms with Gasteiger partial charge in [0.15, 0.2) is 0 Å². The van der Waals surface area contributed by atoms with E-state index < -0.39 is 11.6 Å². The molecule has 3 nitrogen and oxygen atoms in total. The predicted octanol–water partition coefficient (Wildman–Crippen LogP) is 1.98. The van der Waals surface area contributed by atoms with Crippen LogP contribution in [0.25, 0.3) is 0 Å². The molecule has 1 aromatic carbocycles. The molecule has 0 amide bonds. The Morgan fingerprint density at radius 1 is 1.38 bits per heavy atom. The van der Waals surface area contributed by atoms with Crippen molar-refractivity contribution < 1.29 is 9.18 Å². The maximum atomic E-state index is 12.6. The fourth-order valence-corrected chi connectivity index (χ4v) is 1.15. The summed E-state index contributed by atoms with van der Waals surface area (Å²) in [6.07, 6.45) is 1.44. The molecule has 0 N–H and O–H groups in total. The molecule has 0 atom stereocenters. The van der Waals surface area contributed by atoms with Gasteiger partial charge < -0.3 is 4.90 Å². The largest absolute Gasteiger partial charge is 0.382 e. The van der Waals surface area contributed by atoms with Gasteiger partial charge in [-0.1, -0.05) is 0 Å². The minimum Gasteiger partial charge on any atom is -0.382 e. The van der Waals surface area contributed by atoms with Crippen molar-refractivity contribution in [3.05, 3.63) is 47.4 Å². The predicted molar refractivity (Wildman–Crippen MR) is 58.1 cm³/mol. The van der Waals surface area contributed by atoms with Crippen molar-refractivity contribution in [2.24, 2.45) is 0 Å². The highest BCUT2D eigenvalue weighted by Gasteiger charge is 2.12. The summed E-state index contributed by atoms with van der Waals surface area (Å²) in [6, 6.07) is 6.93. The summed E-state index contributed by atoms with van der Waals surface area (Å²) < 4.78 is 12.6. The summed E-state index contributed by atoms with van der Waals surface area (Å²) in [5, 5.41) is 8.82. The molecular weight excluding hydrogens is 207 g/mol. The van der Waals surface area contributed by atoms with Crippen LogP contribution in [-0.4, -0.2) is 24.8 Å². The number of Topliss-reactive ketones (excluding diaryl/α,β-unsaturated/α-hetero) is 1. The van der Waals surface area contributed by atoms with Crippen LogP contribution in [0, 0.1) is 17.1 Å². The van der Waals surface area contributed by atoms with Crippen molar-refractivity contribution in [1.29, 1.82) is 5.26 Å². The van der Waals surface area contributed by atoms with Crippen LogP contribution in [0.15, 0.2) is 36.0 Å². The van der Waals surface area contributed by atoms with Crippen molar-refractivity contribution >= 4 is 5.78 Å². The second kappa shape index (κ2) is 5.08. The fraction of sp³-hybridized carbons (Fsp3) is 0.167. The van der Waals surface area contributed by atoms with Gasteiger partial charge >= 0.3 is 0 Å². The van der Waals surface area contributed by atoms with E-state index in [0.29, 0.717) is 5.56 Å². The maximum Gasteiger partial charge on any atom is 0.205 e. The van der Waals surface area contributed by atoms with Gasteiger partial charge in [0.2, 0.25) is 5.78 Å². The number of carbonyl (C=O) groups excluding carboxylic acids is 1. The van der Waals surface area contributed by atoms with Gasteiger partial charge in [-0.25, -0.2) is 4.39 Å². The topological polar surface area (TPSA) is 44.1 Å². The molecule has 0 aromatic heterocycles. The maximum absolute atomic E-state index is 12.6. The summed E-state index contributed by atoms with van der Waals surface area (Å²) in [6.45, 7) is 0. The van der Waals surface area contributed by atoms with Crippen LogP contribution in [-0.2, 0) is 0 Å². The number of hydrogen-bond donors (Lipinski definition) is 0. The molecule has 0 saturated heterocycles. The lowest BCUT2D eigenvalue weighted by Gasteiger charge is -2.05. The monoisotopic (exact) mass is 218 g/mol. The Kier molecular flexibility index (Phi) is 3.78. The lowest BCUT2D eigenvalue weighted by Crippen LogP contribution is -2.08. The lowest BCUT2D eigenvalue weighted by molar-refractivity contribution is 0.103. The molecular formula is C12H11FN2O. The van der Waals surface area contributed by atoms with E-state index >= 15 is 0 Å². The minimum absolute atomic E-state index is 0.0246. The Morgan fingerprint density at radius 2 is 1.94 bits per heavy atom. The third-order valence-corrected chi connectivity index (χ3v) is 1.86. The van der Waals surface area contributed by atoms with Crippen LogP contribution in [0.3, 0.4) is 0 Å². The van der Waals surface area contributed by atoms with Crippen molar-refractivity contribution in [3.63, 3.8) is 0 Å². The molecule has 0 aliphatic carbocycles. The molecule has 1 rings (SSSR count). The van der Waals surface area contributed by atoms with Gasteiger partial charge in [0.05, 0.1) is 0 Å². The summed E-state index contributed by atoms with van der Waals surface area (Å²) in [7, 11) is 3.44. The van der Waals surface area contributed by atoms with E-state index in [1.165, 1.54) is 30.5 Å². The average molecular weight is 218 g/mol. The van der Waals surface area contributed by atoms with Crippen molar-refractivity contribution in [3.8, 4) is 6.07 Å². The van der Waals surface area contributed by atoms with Gasteiger partial charge in [-0.05, 0) is 24.3 Å². The summed E-state index contributed by atoms with van der Waals surface area (Å²) in [5.41, 5.74) is 0.327. The summed E-state index contributed by atoms with van der Waals surface area (Å²) in [5.74, 6) is -0.817. The zero-order chi connectivity index (χ0) is 12.1. The number of allylic oxidation sites excluding steroid dienone is 1. The number of benzene rings is 1. The fourth-order valence-electron chi connectivity index (χ4n) is 1.15. The summed E-state index contributed by atoms with van der Waals surface area (Å²) in [4.78, 5) is 13.4. The second-order valence-electron chi connectivity index (χ2n) is 3.45. The van der Waals surface area contributed by atoms with Crippen LogP contribution < -0.4 is 0 Å². The molecule has 0 spiro atoms. The number of ketones is 1. The highest BCUT2D eigenvalue weighted by Crippen LogP contribution is 2.09. The van der Waals surface area contributed by atoms with Gasteiger partial charge in [0.25, 0.3) is 0 Å². The molecule has 0 unspecified atom stereocenters. The number of carbonyl (C=O) groups is 1. The van der Waals surface area contributed by atoms with Crippen LogP contribution in [0.1, 0.15) is 10.4 Å². The van der Waals surface area contributed by atoms with Crippen LogP contribution in [0.2, 0.25) is 0 Å². The van der Waals surface area contributed by atoms with Crippen molar-refractivity contribution in [1.82, 2.24) is 4.90 Å². The number of hydrogen-bond acceptors (Lipinski definition) is 3. The van der Waals surface area contributed by atoms with E-state index in [2.05, 4.69) is 0 Å². The Balaban J connectivity index is 3.02. The third kappa shape index (κ3) is 2.92. The van der Waals surface area contributed by atoms with Gasteiger partial charge in [-0.3, -0.25) is 4.79 Å². The Bertz CT molecular complexity index is 455. The molecule has 0 heterocycles. The molecule has 4 heteroatoms. The zero-order valence-electron chi connectivity index (χ0n) is 9.07. The molecule has 82 valence electrons. The first-order chi connectivity index (χ1) is 7.54. The van der Waals surface area contributed by atoms with Gasteiger partial charge in [0, 0.05) is 25.9 Å². The first-order valence-corrected chi connectivity index (χ1v) is 4.63. The molecule has 1 aromatic rings. The quantitative estimate of drug-likeness (QED) is 0.442. The highest BCUT2D eigenvalue weighted by atomic mass is 19.1. The smallest absolute Gasteiger partial charge is 0.205 e. The first kappa shape index (κ1) is 11.9. The lowest BCUT2D eigenvalue weighted by atomic mass is 10.1. The Labute approximate surface area is 93.4 Å². The van der Waals surface area contributed by atoms with Gasteiger partial charge in [-0.2, -0.15) is 5.26 Å². The number of nitriles is 1. The highest BCUT2D eigenvalue weighted by molar-refractivity contribution is 6.11. The molecule has 0 radical (unpaired) electrons. The standard InChI is InChI=1S/C12H11FN2O/c1-15(2)8-10(7-14)12(16)9-3-5-11(13)6-4-9/h3-6,8H,1-2H3. The Hall–Kier alpha value is -2.15. The zero-order valence-corrected chi connectivity index (χ0v) is 9.07. The van der Waals surface area contributed by atoms with Crippen molar-refractivity contribution in [2.75, 3.05) is 14.1 Å². The van der Waals surface area contributed by atoms with E-state index in [1.54, 1.807) is 19.0 Å². The van der Waals surface area contributed by atoms with E-state index in [-0.39, 0.29) is 5.57 Å². The molecule has 0 aliphatic heterocycles. The third-order valence-electron chi connectivity index (χ3n) is 1.86. The first-order valence-electron chi connectivity index (χ1n) is 4.63. The number of halogens is 1. The van der Waals surface area contributed by atoms with Gasteiger partial charge in [0.1, 0.15) is 17.5 Å². The minimum atomic E-state index is -0.411. The van der Waals surface area contributed by atoms with E-state index in [1.807, 2.05) is 6.07 Å². The molecule has 0 saturated carbocycles. The molecule has 0 aliphatic rings. The molecule has 16 heavy (non-hydrogen) atoms. The van der Waals surface area contributed by atoms with E-state index in [0.717, 1.165) is 0 Å². The van der Waals surface area contributed by atoms with Gasteiger partial charge in [-0.15, -0.1) is 0 Å². The Morgan fingerprint density at radius 3 is 2.38 bits per heavy atom. The molecule has 0 fully saturated rings. The normalized spacial score (nSPS) is 10.8. The second-order valence-corrected chi connectivity index (χ2v) is 3.45. The number of rotatable bonds is 3. The van der Waals surface area contributed by atoms with Crippen LogP contribution in [0.5, 0.6) is 0 Å². The average Bonchev–Trinajstić information content (AvgIpc) is 2.25. The number of nitrogens with zero attached hydrogens (tertiary/aromatic N) is 2.